The SMILES string of the molecule is O=C(O)c1cccc(CNC(=O)c2cccc(Cl)c2Cl)c1. The molecule has 6 heteroatoms. The van der Waals surface area contributed by atoms with Crippen molar-refractivity contribution in [2.75, 3.05) is 0 Å². The number of rotatable bonds is 4. The van der Waals surface area contributed by atoms with Crippen molar-refractivity contribution in [1.82, 2.24) is 5.32 Å². The molecule has 21 heavy (non-hydrogen) atoms. The minimum Gasteiger partial charge on any atom is -0.478 e. The first-order chi connectivity index (χ1) is 9.99. The number of halogens is 2. The van der Waals surface area contributed by atoms with E-state index in [-0.39, 0.29) is 28.6 Å². The van der Waals surface area contributed by atoms with Crippen LogP contribution in [0, 0.1) is 0 Å². The van der Waals surface area contributed by atoms with E-state index in [1.54, 1.807) is 30.3 Å². The largest absolute Gasteiger partial charge is 0.478 e. The van der Waals surface area contributed by atoms with Crippen LogP contribution in [0.1, 0.15) is 26.3 Å². The Morgan fingerprint density at radius 3 is 2.52 bits per heavy atom. The fraction of sp³-hybridized carbons (Fsp3) is 0.0667. The molecule has 0 unspecified atom stereocenters. The van der Waals surface area contributed by atoms with Gasteiger partial charge in [0.2, 0.25) is 0 Å². The van der Waals surface area contributed by atoms with Crippen molar-refractivity contribution in [3.8, 4) is 0 Å². The molecule has 0 saturated carbocycles. The first-order valence-corrected chi connectivity index (χ1v) is 6.79. The summed E-state index contributed by atoms with van der Waals surface area (Å²) in [4.78, 5) is 22.9. The molecule has 0 aromatic heterocycles. The summed E-state index contributed by atoms with van der Waals surface area (Å²) in [5, 5.41) is 12.1. The molecule has 0 heterocycles. The molecule has 0 spiro atoms. The lowest BCUT2D eigenvalue weighted by Crippen LogP contribution is -2.23. The average Bonchev–Trinajstić information content (AvgIpc) is 2.48. The predicted octanol–water partition coefficient (Wildman–Crippen LogP) is 3.62. The summed E-state index contributed by atoms with van der Waals surface area (Å²) >= 11 is 11.8. The van der Waals surface area contributed by atoms with Gasteiger partial charge in [-0.1, -0.05) is 41.4 Å². The number of benzene rings is 2. The van der Waals surface area contributed by atoms with Gasteiger partial charge in [-0.25, -0.2) is 4.79 Å². The first-order valence-electron chi connectivity index (χ1n) is 6.03. The van der Waals surface area contributed by atoms with Gasteiger partial charge >= 0.3 is 5.97 Å². The van der Waals surface area contributed by atoms with Gasteiger partial charge in [-0.3, -0.25) is 4.79 Å². The third-order valence-corrected chi connectivity index (χ3v) is 3.64. The van der Waals surface area contributed by atoms with E-state index in [0.29, 0.717) is 10.6 Å². The highest BCUT2D eigenvalue weighted by Crippen LogP contribution is 2.25. The van der Waals surface area contributed by atoms with Crippen LogP contribution in [0.15, 0.2) is 42.5 Å². The fourth-order valence-electron chi connectivity index (χ4n) is 1.77. The van der Waals surface area contributed by atoms with E-state index in [0.717, 1.165) is 0 Å². The molecule has 4 nitrogen and oxygen atoms in total. The molecule has 0 fully saturated rings. The fourth-order valence-corrected chi connectivity index (χ4v) is 2.16. The Morgan fingerprint density at radius 2 is 1.81 bits per heavy atom. The predicted molar refractivity (Wildman–Crippen MR) is 81.0 cm³/mol. The maximum absolute atomic E-state index is 12.0. The van der Waals surface area contributed by atoms with Crippen LogP contribution in [-0.4, -0.2) is 17.0 Å². The van der Waals surface area contributed by atoms with Gasteiger partial charge in [0.15, 0.2) is 0 Å². The lowest BCUT2D eigenvalue weighted by Gasteiger charge is -2.08. The second-order valence-electron chi connectivity index (χ2n) is 4.29. The number of carbonyl (C=O) groups is 2. The van der Waals surface area contributed by atoms with Crippen molar-refractivity contribution in [2.24, 2.45) is 0 Å². The highest BCUT2D eigenvalue weighted by molar-refractivity contribution is 6.43. The van der Waals surface area contributed by atoms with E-state index >= 15 is 0 Å². The topological polar surface area (TPSA) is 66.4 Å². The average molecular weight is 324 g/mol. The van der Waals surface area contributed by atoms with Crippen LogP contribution in [0.4, 0.5) is 0 Å². The summed E-state index contributed by atoms with van der Waals surface area (Å²) in [6.07, 6.45) is 0. The number of nitrogens with one attached hydrogen (secondary N) is 1. The van der Waals surface area contributed by atoms with Gasteiger partial charge in [0.1, 0.15) is 0 Å². The van der Waals surface area contributed by atoms with Crippen molar-refractivity contribution < 1.29 is 14.7 Å². The Kier molecular flexibility index (Phi) is 4.83. The smallest absolute Gasteiger partial charge is 0.335 e. The number of hydrogen-bond acceptors (Lipinski definition) is 2. The molecule has 2 N–H and O–H groups in total. The van der Waals surface area contributed by atoms with Crippen LogP contribution in [0.3, 0.4) is 0 Å². The lowest BCUT2D eigenvalue weighted by molar-refractivity contribution is 0.0696. The van der Waals surface area contributed by atoms with Gasteiger partial charge in [-0.2, -0.15) is 0 Å². The summed E-state index contributed by atoms with van der Waals surface area (Å²) in [5.41, 5.74) is 1.13. The first kappa shape index (κ1) is 15.4. The molecule has 0 aliphatic carbocycles. The molecule has 0 atom stereocenters. The molecule has 2 rings (SSSR count). The van der Waals surface area contributed by atoms with Crippen LogP contribution in [-0.2, 0) is 6.54 Å². The van der Waals surface area contributed by atoms with Crippen LogP contribution >= 0.6 is 23.2 Å². The minimum absolute atomic E-state index is 0.169. The number of amides is 1. The highest BCUT2D eigenvalue weighted by Gasteiger charge is 2.12. The summed E-state index contributed by atoms with van der Waals surface area (Å²) in [6, 6.07) is 11.1. The second-order valence-corrected chi connectivity index (χ2v) is 5.07. The molecule has 108 valence electrons. The monoisotopic (exact) mass is 323 g/mol. The zero-order valence-corrected chi connectivity index (χ0v) is 12.3. The Hall–Kier alpha value is -2.04. The van der Waals surface area contributed by atoms with E-state index in [1.165, 1.54) is 12.1 Å². The van der Waals surface area contributed by atoms with E-state index in [1.807, 2.05) is 0 Å². The quantitative estimate of drug-likeness (QED) is 0.903. The maximum Gasteiger partial charge on any atom is 0.335 e. The van der Waals surface area contributed by atoms with Gasteiger partial charge in [0.25, 0.3) is 5.91 Å². The molecule has 2 aromatic carbocycles. The van der Waals surface area contributed by atoms with E-state index in [4.69, 9.17) is 28.3 Å². The van der Waals surface area contributed by atoms with Crippen molar-refractivity contribution in [3.63, 3.8) is 0 Å². The third kappa shape index (κ3) is 3.74. The van der Waals surface area contributed by atoms with E-state index in [9.17, 15) is 9.59 Å². The van der Waals surface area contributed by atoms with Gasteiger partial charge in [-0.05, 0) is 29.8 Å². The third-order valence-electron chi connectivity index (χ3n) is 2.82. The van der Waals surface area contributed by atoms with Crippen LogP contribution in [0.2, 0.25) is 10.0 Å². The molecule has 0 bridgehead atoms. The normalized spacial score (nSPS) is 10.2. The maximum atomic E-state index is 12.0. The lowest BCUT2D eigenvalue weighted by atomic mass is 10.1. The zero-order chi connectivity index (χ0) is 15.4. The summed E-state index contributed by atoms with van der Waals surface area (Å²) in [6.45, 7) is 0.197. The Balaban J connectivity index is 2.09. The van der Waals surface area contributed by atoms with Crippen molar-refractivity contribution >= 4 is 35.1 Å². The summed E-state index contributed by atoms with van der Waals surface area (Å²) in [5.74, 6) is -1.38. The van der Waals surface area contributed by atoms with Gasteiger partial charge in [0.05, 0.1) is 21.2 Å². The van der Waals surface area contributed by atoms with Crippen LogP contribution in [0.5, 0.6) is 0 Å². The van der Waals surface area contributed by atoms with Crippen molar-refractivity contribution in [1.29, 1.82) is 0 Å². The van der Waals surface area contributed by atoms with Gasteiger partial charge < -0.3 is 10.4 Å². The van der Waals surface area contributed by atoms with Crippen molar-refractivity contribution in [2.45, 2.75) is 6.54 Å². The van der Waals surface area contributed by atoms with Crippen LogP contribution < -0.4 is 5.32 Å². The van der Waals surface area contributed by atoms with Gasteiger partial charge in [-0.15, -0.1) is 0 Å². The number of carboxylic acids is 1. The van der Waals surface area contributed by atoms with Gasteiger partial charge in [0, 0.05) is 6.54 Å². The summed E-state index contributed by atoms with van der Waals surface area (Å²) in [7, 11) is 0. The number of carbonyl (C=O) groups excluding carboxylic acids is 1. The molecular formula is C15H11Cl2NO3. The molecule has 0 radical (unpaired) electrons. The highest BCUT2D eigenvalue weighted by atomic mass is 35.5. The molecule has 0 aliphatic heterocycles. The zero-order valence-electron chi connectivity index (χ0n) is 10.8. The second kappa shape index (κ2) is 6.61. The van der Waals surface area contributed by atoms with E-state index in [2.05, 4.69) is 5.32 Å². The number of aromatic carboxylic acids is 1. The minimum atomic E-state index is -1.01. The van der Waals surface area contributed by atoms with Crippen LogP contribution in [0.25, 0.3) is 0 Å². The number of carboxylic acid groups (broad SMARTS) is 1. The molecule has 1 amide bonds. The molecular weight excluding hydrogens is 313 g/mol. The Labute approximate surface area is 131 Å². The van der Waals surface area contributed by atoms with E-state index < -0.39 is 5.97 Å². The molecule has 0 saturated heterocycles. The molecule has 0 aliphatic rings. The number of hydrogen-bond donors (Lipinski definition) is 2. The van der Waals surface area contributed by atoms with Crippen molar-refractivity contribution in [3.05, 3.63) is 69.2 Å². The Bertz CT molecular complexity index is 701. The Morgan fingerprint density at radius 1 is 1.10 bits per heavy atom. The summed E-state index contributed by atoms with van der Waals surface area (Å²) < 4.78 is 0. The standard InChI is InChI=1S/C15H11Cl2NO3/c16-12-6-2-5-11(13(12)17)14(19)18-8-9-3-1-4-10(7-9)15(20)21/h1-7H,8H2,(H,18,19)(H,20,21). The molecule has 2 aromatic rings.